The Labute approximate surface area is 194 Å². The minimum atomic E-state index is -1.38. The molecule has 1 aromatic carbocycles. The fourth-order valence-corrected chi connectivity index (χ4v) is 8.19. The summed E-state index contributed by atoms with van der Waals surface area (Å²) in [4.78, 5) is 2.59. The van der Waals surface area contributed by atoms with Crippen molar-refractivity contribution in [1.82, 2.24) is 9.47 Å². The topological polar surface area (TPSA) is 76.3 Å². The Bertz CT molecular complexity index is 1120. The standard InChI is InChI=1S/C26H34N2O5/c1-25-19(10-23-26(30,33-25)11-14(12-29)32-23)16-8-22-24-17(9-21(27(22)2)18(16)13-31-25)15-6-4-5-7-20(15)28(24)3/h4-7,14,16,18-19,21-23,29-30H,8-13H2,1-3H3/t14?,16-,18-,19+,21+,22+,23?,25+,26?/m1/s1. The van der Waals surface area contributed by atoms with E-state index in [-0.39, 0.29) is 18.6 Å². The number of para-hydroxylation sites is 1. The van der Waals surface area contributed by atoms with E-state index in [2.05, 4.69) is 47.8 Å². The third-order valence-electron chi connectivity index (χ3n) is 9.73. The zero-order chi connectivity index (χ0) is 22.7. The second-order valence-corrected chi connectivity index (χ2v) is 11.2. The summed E-state index contributed by atoms with van der Waals surface area (Å²) in [5.74, 6) is -1.21. The van der Waals surface area contributed by atoms with Crippen LogP contribution in [0.15, 0.2) is 24.3 Å². The zero-order valence-corrected chi connectivity index (χ0v) is 19.6. The lowest BCUT2D eigenvalue weighted by Gasteiger charge is -2.61. The molecule has 3 unspecified atom stereocenters. The van der Waals surface area contributed by atoms with Crippen LogP contribution in [0.2, 0.25) is 0 Å². The first kappa shape index (κ1) is 20.9. The van der Waals surface area contributed by atoms with Crippen molar-refractivity contribution in [2.75, 3.05) is 20.3 Å². The van der Waals surface area contributed by atoms with Crippen LogP contribution >= 0.6 is 0 Å². The smallest absolute Gasteiger partial charge is 0.197 e. The monoisotopic (exact) mass is 454 g/mol. The van der Waals surface area contributed by atoms with Gasteiger partial charge in [0.15, 0.2) is 11.6 Å². The number of aliphatic hydroxyl groups excluding tert-OH is 1. The molecule has 2 N–H and O–H groups in total. The number of aryl methyl sites for hydroxylation is 1. The molecule has 0 saturated carbocycles. The summed E-state index contributed by atoms with van der Waals surface area (Å²) in [6.45, 7) is 2.55. The quantitative estimate of drug-likeness (QED) is 0.689. The third kappa shape index (κ3) is 2.66. The van der Waals surface area contributed by atoms with Crippen molar-refractivity contribution in [2.45, 2.75) is 68.5 Å². The number of likely N-dealkylation sites (N-methyl/N-ethyl adjacent to an activating group) is 1. The molecule has 2 aromatic rings. The van der Waals surface area contributed by atoms with E-state index in [0.29, 0.717) is 43.4 Å². The summed E-state index contributed by atoms with van der Waals surface area (Å²) < 4.78 is 21.2. The van der Waals surface area contributed by atoms with Gasteiger partial charge in [0.25, 0.3) is 0 Å². The SMILES string of the molecule is CN1[C@H]2C[C@@H]3[C@@H](CO[C@@]4(C)OC5(O)CC(CO)OC5C[C@@H]34)[C@@H]1Cc1c2n(C)c2ccccc12. The molecule has 33 heavy (non-hydrogen) atoms. The average molecular weight is 455 g/mol. The first-order valence-corrected chi connectivity index (χ1v) is 12.4. The van der Waals surface area contributed by atoms with Gasteiger partial charge in [-0.25, -0.2) is 0 Å². The normalized spacial score (nSPS) is 46.5. The van der Waals surface area contributed by atoms with Crippen LogP contribution in [0.25, 0.3) is 10.9 Å². The number of fused-ring (bicyclic) bond motifs is 11. The lowest BCUT2D eigenvalue weighted by molar-refractivity contribution is -0.418. The minimum absolute atomic E-state index is 0.102. The number of benzene rings is 1. The molecule has 0 amide bonds. The molecule has 0 aliphatic carbocycles. The molecule has 2 bridgehead atoms. The van der Waals surface area contributed by atoms with Gasteiger partial charge in [0.05, 0.1) is 25.4 Å². The van der Waals surface area contributed by atoms with Gasteiger partial charge in [0, 0.05) is 47.9 Å². The second-order valence-electron chi connectivity index (χ2n) is 11.2. The Morgan fingerprint density at radius 2 is 1.97 bits per heavy atom. The first-order valence-electron chi connectivity index (χ1n) is 12.4. The molecule has 178 valence electrons. The fraction of sp³-hybridized carbons (Fsp3) is 0.692. The average Bonchev–Trinajstić information content (AvgIpc) is 3.26. The summed E-state index contributed by atoms with van der Waals surface area (Å²) in [6, 6.07) is 9.56. The van der Waals surface area contributed by atoms with Crippen LogP contribution in [-0.4, -0.2) is 69.8 Å². The van der Waals surface area contributed by atoms with Crippen LogP contribution < -0.4 is 0 Å². The van der Waals surface area contributed by atoms with Gasteiger partial charge in [-0.2, -0.15) is 0 Å². The molecule has 7 heteroatoms. The van der Waals surface area contributed by atoms with Crippen molar-refractivity contribution in [3.63, 3.8) is 0 Å². The summed E-state index contributed by atoms with van der Waals surface area (Å²) >= 11 is 0. The molecule has 9 atom stereocenters. The molecule has 4 saturated heterocycles. The van der Waals surface area contributed by atoms with Crippen LogP contribution in [-0.2, 0) is 27.7 Å². The Balaban J connectivity index is 1.28. The van der Waals surface area contributed by atoms with E-state index in [1.165, 1.54) is 22.2 Å². The Hall–Kier alpha value is -1.48. The molecule has 5 aliphatic rings. The third-order valence-corrected chi connectivity index (χ3v) is 9.73. The van der Waals surface area contributed by atoms with Gasteiger partial charge >= 0.3 is 0 Å². The fourth-order valence-electron chi connectivity index (χ4n) is 8.19. The number of aliphatic hydroxyl groups is 2. The molecule has 0 radical (unpaired) electrons. The maximum Gasteiger partial charge on any atom is 0.197 e. The molecule has 5 aliphatic heterocycles. The molecule has 7 rings (SSSR count). The van der Waals surface area contributed by atoms with Crippen LogP contribution in [0.3, 0.4) is 0 Å². The zero-order valence-electron chi connectivity index (χ0n) is 19.6. The van der Waals surface area contributed by atoms with E-state index in [1.54, 1.807) is 0 Å². The predicted octanol–water partition coefficient (Wildman–Crippen LogP) is 2.33. The summed E-state index contributed by atoms with van der Waals surface area (Å²) in [5.41, 5.74) is 4.27. The van der Waals surface area contributed by atoms with Crippen molar-refractivity contribution in [2.24, 2.45) is 24.8 Å². The van der Waals surface area contributed by atoms with Crippen molar-refractivity contribution in [3.05, 3.63) is 35.5 Å². The number of ether oxygens (including phenoxy) is 3. The molecule has 0 spiro atoms. The van der Waals surface area contributed by atoms with Crippen molar-refractivity contribution >= 4 is 10.9 Å². The van der Waals surface area contributed by atoms with Gasteiger partial charge in [0.1, 0.15) is 6.10 Å². The minimum Gasteiger partial charge on any atom is -0.394 e. The van der Waals surface area contributed by atoms with Gasteiger partial charge in [-0.1, -0.05) is 18.2 Å². The lowest BCUT2D eigenvalue weighted by atomic mass is 9.61. The number of nitrogens with zero attached hydrogens (tertiary/aromatic N) is 2. The summed E-state index contributed by atoms with van der Waals surface area (Å²) in [7, 11) is 4.49. The van der Waals surface area contributed by atoms with Gasteiger partial charge in [-0.15, -0.1) is 0 Å². The van der Waals surface area contributed by atoms with Crippen molar-refractivity contribution < 1.29 is 24.4 Å². The molecular formula is C26H34N2O5. The maximum absolute atomic E-state index is 11.2. The summed E-state index contributed by atoms with van der Waals surface area (Å²) in [5, 5.41) is 22.2. The van der Waals surface area contributed by atoms with Crippen LogP contribution in [0.5, 0.6) is 0 Å². The number of hydrogen-bond donors (Lipinski definition) is 2. The van der Waals surface area contributed by atoms with E-state index in [4.69, 9.17) is 14.2 Å². The molecular weight excluding hydrogens is 420 g/mol. The summed E-state index contributed by atoms with van der Waals surface area (Å²) in [6.07, 6.45) is 2.29. The van der Waals surface area contributed by atoms with E-state index in [1.807, 2.05) is 6.92 Å². The molecule has 4 fully saturated rings. The van der Waals surface area contributed by atoms with Gasteiger partial charge in [0.2, 0.25) is 0 Å². The molecule has 1 aromatic heterocycles. The highest BCUT2D eigenvalue weighted by molar-refractivity contribution is 5.86. The van der Waals surface area contributed by atoms with Gasteiger partial charge in [-0.05, 0) is 50.8 Å². The highest BCUT2D eigenvalue weighted by atomic mass is 16.8. The lowest BCUT2D eigenvalue weighted by Crippen LogP contribution is -2.67. The van der Waals surface area contributed by atoms with Crippen LogP contribution in [0, 0.1) is 17.8 Å². The van der Waals surface area contributed by atoms with E-state index < -0.39 is 17.7 Å². The van der Waals surface area contributed by atoms with Crippen LogP contribution in [0.4, 0.5) is 0 Å². The molecule has 7 nitrogen and oxygen atoms in total. The maximum atomic E-state index is 11.2. The van der Waals surface area contributed by atoms with E-state index in [9.17, 15) is 10.2 Å². The number of hydrogen-bond acceptors (Lipinski definition) is 6. The van der Waals surface area contributed by atoms with E-state index in [0.717, 1.165) is 12.8 Å². The Morgan fingerprint density at radius 1 is 1.15 bits per heavy atom. The molecule has 6 heterocycles. The van der Waals surface area contributed by atoms with Crippen molar-refractivity contribution in [3.8, 4) is 0 Å². The highest BCUT2D eigenvalue weighted by Gasteiger charge is 2.65. The Morgan fingerprint density at radius 3 is 2.79 bits per heavy atom. The number of piperidine rings is 1. The predicted molar refractivity (Wildman–Crippen MR) is 121 cm³/mol. The largest absolute Gasteiger partial charge is 0.394 e. The highest BCUT2D eigenvalue weighted by Crippen LogP contribution is 2.58. The van der Waals surface area contributed by atoms with Gasteiger partial charge < -0.3 is 29.0 Å². The van der Waals surface area contributed by atoms with E-state index >= 15 is 0 Å². The van der Waals surface area contributed by atoms with Gasteiger partial charge in [-0.3, -0.25) is 4.90 Å². The van der Waals surface area contributed by atoms with Crippen LogP contribution in [0.1, 0.15) is 43.5 Å². The second kappa shape index (κ2) is 6.80. The number of aromatic nitrogens is 1. The number of rotatable bonds is 1. The van der Waals surface area contributed by atoms with Crippen molar-refractivity contribution in [1.29, 1.82) is 0 Å². The Kier molecular flexibility index (Phi) is 4.30. The first-order chi connectivity index (χ1) is 15.8.